The van der Waals surface area contributed by atoms with Crippen molar-refractivity contribution in [3.8, 4) is 11.5 Å². The van der Waals surface area contributed by atoms with Crippen LogP contribution in [0.25, 0.3) is 11.0 Å². The number of rotatable bonds is 5. The number of fused-ring (bicyclic) bond motifs is 1. The van der Waals surface area contributed by atoms with Gasteiger partial charge in [0.25, 0.3) is 0 Å². The zero-order chi connectivity index (χ0) is 22.2. The van der Waals surface area contributed by atoms with Crippen LogP contribution in [-0.2, 0) is 13.2 Å². The molecule has 4 rings (SSSR count). The second kappa shape index (κ2) is 7.92. The molecule has 0 aliphatic carbocycles. The minimum atomic E-state index is -4.47. The molecule has 10 heteroatoms. The van der Waals surface area contributed by atoms with E-state index in [1.54, 1.807) is 35.9 Å². The lowest BCUT2D eigenvalue weighted by Crippen LogP contribution is -2.05. The predicted octanol–water partition coefficient (Wildman–Crippen LogP) is 5.99. The van der Waals surface area contributed by atoms with E-state index in [1.807, 2.05) is 0 Å². The van der Waals surface area contributed by atoms with Crippen LogP contribution in [0.4, 0.5) is 24.8 Å². The van der Waals surface area contributed by atoms with Gasteiger partial charge >= 0.3 is 6.18 Å². The summed E-state index contributed by atoms with van der Waals surface area (Å²) in [5, 5.41) is 2.88. The number of hydrogen-bond acceptors (Lipinski definition) is 5. The SMILES string of the molecule is Cn1c(Nc2ccc(C(F)(F)F)cc2Cl)nc2cc(Oc3ccnc(C=O)c3)ccc21. The van der Waals surface area contributed by atoms with E-state index in [9.17, 15) is 18.0 Å². The monoisotopic (exact) mass is 446 g/mol. The van der Waals surface area contributed by atoms with Crippen LogP contribution in [0.5, 0.6) is 11.5 Å². The van der Waals surface area contributed by atoms with Gasteiger partial charge in [0.15, 0.2) is 6.29 Å². The van der Waals surface area contributed by atoms with Gasteiger partial charge in [-0.1, -0.05) is 11.6 Å². The summed E-state index contributed by atoms with van der Waals surface area (Å²) in [6, 6.07) is 11.4. The second-order valence-corrected chi connectivity index (χ2v) is 7.01. The number of carbonyl (C=O) groups excluding carboxylic acids is 1. The van der Waals surface area contributed by atoms with Crippen LogP contribution in [0, 0.1) is 0 Å². The molecular weight excluding hydrogens is 433 g/mol. The molecule has 4 aromatic rings. The molecule has 0 amide bonds. The van der Waals surface area contributed by atoms with Gasteiger partial charge in [0.2, 0.25) is 5.95 Å². The first-order chi connectivity index (χ1) is 14.7. The molecule has 0 unspecified atom stereocenters. The number of hydrogen-bond donors (Lipinski definition) is 1. The van der Waals surface area contributed by atoms with E-state index in [0.29, 0.717) is 34.9 Å². The van der Waals surface area contributed by atoms with Crippen molar-refractivity contribution in [2.75, 3.05) is 5.32 Å². The highest BCUT2D eigenvalue weighted by Gasteiger charge is 2.31. The van der Waals surface area contributed by atoms with E-state index in [1.165, 1.54) is 18.3 Å². The van der Waals surface area contributed by atoms with E-state index in [4.69, 9.17) is 16.3 Å². The van der Waals surface area contributed by atoms with E-state index in [0.717, 1.165) is 17.6 Å². The molecular formula is C21H14ClF3N4O2. The first kappa shape index (κ1) is 20.7. The molecule has 31 heavy (non-hydrogen) atoms. The molecule has 0 aliphatic heterocycles. The average molecular weight is 447 g/mol. The molecule has 0 radical (unpaired) electrons. The maximum atomic E-state index is 12.8. The number of ether oxygens (including phenoxy) is 1. The number of aldehydes is 1. The maximum Gasteiger partial charge on any atom is 0.416 e. The zero-order valence-corrected chi connectivity index (χ0v) is 16.7. The Labute approximate surface area is 179 Å². The Morgan fingerprint density at radius 3 is 2.58 bits per heavy atom. The average Bonchev–Trinajstić information content (AvgIpc) is 3.03. The van der Waals surface area contributed by atoms with Gasteiger partial charge in [-0.25, -0.2) is 4.98 Å². The molecule has 0 atom stereocenters. The number of nitrogens with one attached hydrogen (secondary N) is 1. The van der Waals surface area contributed by atoms with Crippen LogP contribution in [0.15, 0.2) is 54.7 Å². The maximum absolute atomic E-state index is 12.8. The summed E-state index contributed by atoms with van der Waals surface area (Å²) in [6.07, 6.45) is -2.38. The lowest BCUT2D eigenvalue weighted by atomic mass is 10.2. The van der Waals surface area contributed by atoms with E-state index >= 15 is 0 Å². The molecule has 0 fully saturated rings. The Morgan fingerprint density at radius 1 is 1.10 bits per heavy atom. The summed E-state index contributed by atoms with van der Waals surface area (Å²) in [5.74, 6) is 1.33. The van der Waals surface area contributed by atoms with Crippen molar-refractivity contribution >= 4 is 40.6 Å². The summed E-state index contributed by atoms with van der Waals surface area (Å²) in [6.45, 7) is 0. The quantitative estimate of drug-likeness (QED) is 0.381. The normalized spacial score (nSPS) is 11.5. The van der Waals surface area contributed by atoms with Crippen molar-refractivity contribution in [1.29, 1.82) is 0 Å². The Hall–Kier alpha value is -3.59. The first-order valence-corrected chi connectivity index (χ1v) is 9.32. The lowest BCUT2D eigenvalue weighted by Gasteiger charge is -2.11. The van der Waals surface area contributed by atoms with Gasteiger partial charge in [0, 0.05) is 25.4 Å². The minimum Gasteiger partial charge on any atom is -0.457 e. The molecule has 2 heterocycles. The van der Waals surface area contributed by atoms with Crippen LogP contribution in [0.1, 0.15) is 16.1 Å². The van der Waals surface area contributed by atoms with Gasteiger partial charge in [-0.2, -0.15) is 13.2 Å². The molecule has 0 bridgehead atoms. The number of halogens is 4. The molecule has 2 aromatic carbocycles. The van der Waals surface area contributed by atoms with E-state index < -0.39 is 11.7 Å². The van der Waals surface area contributed by atoms with E-state index in [-0.39, 0.29) is 10.7 Å². The van der Waals surface area contributed by atoms with Crippen molar-refractivity contribution in [3.63, 3.8) is 0 Å². The number of nitrogens with zero attached hydrogens (tertiary/aromatic N) is 3. The van der Waals surface area contributed by atoms with Gasteiger partial charge < -0.3 is 14.6 Å². The topological polar surface area (TPSA) is 69.0 Å². The van der Waals surface area contributed by atoms with Gasteiger partial charge in [0.05, 0.1) is 27.3 Å². The third-order valence-electron chi connectivity index (χ3n) is 4.50. The number of anilines is 2. The van der Waals surface area contributed by atoms with Crippen LogP contribution in [0.3, 0.4) is 0 Å². The Kier molecular flexibility index (Phi) is 5.28. The molecule has 0 aliphatic rings. The molecule has 2 aromatic heterocycles. The number of imidazole rings is 1. The summed E-state index contributed by atoms with van der Waals surface area (Å²) in [7, 11) is 1.76. The lowest BCUT2D eigenvalue weighted by molar-refractivity contribution is -0.137. The molecule has 0 saturated carbocycles. The van der Waals surface area contributed by atoms with Crippen molar-refractivity contribution in [3.05, 3.63) is 71.0 Å². The summed E-state index contributed by atoms with van der Waals surface area (Å²) in [5.41, 5.74) is 1.07. The predicted molar refractivity (Wildman–Crippen MR) is 110 cm³/mol. The standard InChI is InChI=1S/C21H14ClF3N4O2/c1-29-19-5-3-14(31-15-6-7-26-13(9-15)11-30)10-18(19)28-20(29)27-17-4-2-12(8-16(17)22)21(23,24)25/h2-11H,1H3,(H,27,28). The number of alkyl halides is 3. The van der Waals surface area contributed by atoms with Crippen LogP contribution >= 0.6 is 11.6 Å². The first-order valence-electron chi connectivity index (χ1n) is 8.94. The zero-order valence-electron chi connectivity index (χ0n) is 15.9. The summed E-state index contributed by atoms with van der Waals surface area (Å²) in [4.78, 5) is 19.2. The highest BCUT2D eigenvalue weighted by atomic mass is 35.5. The van der Waals surface area contributed by atoms with Gasteiger partial charge in [-0.15, -0.1) is 0 Å². The number of aromatic nitrogens is 3. The Balaban J connectivity index is 1.61. The van der Waals surface area contributed by atoms with Gasteiger partial charge in [0.1, 0.15) is 17.2 Å². The fraction of sp³-hybridized carbons (Fsp3) is 0.0952. The summed E-state index contributed by atoms with van der Waals surface area (Å²) >= 11 is 6.03. The Morgan fingerprint density at radius 2 is 1.87 bits per heavy atom. The van der Waals surface area contributed by atoms with E-state index in [2.05, 4.69) is 15.3 Å². The largest absolute Gasteiger partial charge is 0.457 e. The van der Waals surface area contributed by atoms with Crippen LogP contribution in [0.2, 0.25) is 5.02 Å². The van der Waals surface area contributed by atoms with Crippen molar-refractivity contribution in [2.24, 2.45) is 7.05 Å². The number of carbonyl (C=O) groups is 1. The molecule has 0 spiro atoms. The van der Waals surface area contributed by atoms with Crippen LogP contribution < -0.4 is 10.1 Å². The fourth-order valence-corrected chi connectivity index (χ4v) is 3.19. The van der Waals surface area contributed by atoms with Gasteiger partial charge in [-0.05, 0) is 36.4 Å². The third-order valence-corrected chi connectivity index (χ3v) is 4.82. The third kappa shape index (κ3) is 4.31. The van der Waals surface area contributed by atoms with Crippen molar-refractivity contribution in [1.82, 2.24) is 14.5 Å². The molecule has 158 valence electrons. The minimum absolute atomic E-state index is 0.0745. The highest BCUT2D eigenvalue weighted by Crippen LogP contribution is 2.35. The number of pyridine rings is 1. The van der Waals surface area contributed by atoms with Crippen LogP contribution in [-0.4, -0.2) is 20.8 Å². The molecule has 6 nitrogen and oxygen atoms in total. The molecule has 1 N–H and O–H groups in total. The van der Waals surface area contributed by atoms with Crippen molar-refractivity contribution in [2.45, 2.75) is 6.18 Å². The van der Waals surface area contributed by atoms with Crippen molar-refractivity contribution < 1.29 is 22.7 Å². The smallest absolute Gasteiger partial charge is 0.416 e. The molecule has 0 saturated heterocycles. The second-order valence-electron chi connectivity index (χ2n) is 6.60. The van der Waals surface area contributed by atoms with Gasteiger partial charge in [-0.3, -0.25) is 9.78 Å². The highest BCUT2D eigenvalue weighted by molar-refractivity contribution is 6.33. The number of aryl methyl sites for hydroxylation is 1. The fourth-order valence-electron chi connectivity index (χ4n) is 2.96. The summed E-state index contributed by atoms with van der Waals surface area (Å²) < 4.78 is 46.0. The Bertz CT molecular complexity index is 1290. The number of benzene rings is 2.